The number of halogens is 3. The predicted octanol–water partition coefficient (Wildman–Crippen LogP) is 6.55. The van der Waals surface area contributed by atoms with Crippen molar-refractivity contribution in [2.24, 2.45) is 17.8 Å². The summed E-state index contributed by atoms with van der Waals surface area (Å²) in [6, 6.07) is 2.53. The van der Waals surface area contributed by atoms with Gasteiger partial charge in [0.15, 0.2) is 6.29 Å². The molecule has 0 amide bonds. The molecule has 1 saturated carbocycles. The molecule has 0 bridgehead atoms. The molecular weight excluding hydrogens is 402 g/mol. The van der Waals surface area contributed by atoms with Crippen molar-refractivity contribution in [2.75, 3.05) is 13.2 Å². The molecule has 2 nitrogen and oxygen atoms in total. The number of hydrogen-bond donors (Lipinski definition) is 0. The van der Waals surface area contributed by atoms with Gasteiger partial charge in [-0.15, -0.1) is 6.58 Å². The van der Waals surface area contributed by atoms with Crippen molar-refractivity contribution in [1.82, 2.24) is 0 Å². The number of rotatable bonds is 6. The Morgan fingerprint density at radius 3 is 2.08 bits per heavy atom. The fraction of sp³-hybridized carbons (Fsp3) is 0.619. The minimum absolute atomic E-state index is 0.155. The summed E-state index contributed by atoms with van der Waals surface area (Å²) in [6.07, 6.45) is 10.1. The van der Waals surface area contributed by atoms with Gasteiger partial charge in [-0.05, 0) is 65.6 Å². The third kappa shape index (κ3) is 5.14. The number of allylic oxidation sites excluding steroid dienone is 1. The van der Waals surface area contributed by atoms with Crippen molar-refractivity contribution < 1.29 is 18.3 Å². The Balaban J connectivity index is 1.41. The predicted molar refractivity (Wildman–Crippen MR) is 102 cm³/mol. The molecule has 1 aromatic rings. The lowest BCUT2D eigenvalue weighted by Gasteiger charge is -2.32. The Bertz CT molecular complexity index is 583. The Morgan fingerprint density at radius 1 is 0.962 bits per heavy atom. The SMILES string of the molecule is C=CC[C@H]1CC[C@H](CCC2COC(c3cc(F)c(Br)c(F)c3)OC2)CC1. The molecule has 0 unspecified atom stereocenters. The summed E-state index contributed by atoms with van der Waals surface area (Å²) in [5, 5.41) is 0. The van der Waals surface area contributed by atoms with Crippen LogP contribution < -0.4 is 0 Å². The lowest BCUT2D eigenvalue weighted by atomic mass is 9.78. The van der Waals surface area contributed by atoms with E-state index in [1.807, 2.05) is 6.08 Å². The Labute approximate surface area is 163 Å². The van der Waals surface area contributed by atoms with E-state index in [1.165, 1.54) is 44.2 Å². The van der Waals surface area contributed by atoms with Gasteiger partial charge in [0.2, 0.25) is 0 Å². The van der Waals surface area contributed by atoms with Crippen LogP contribution >= 0.6 is 15.9 Å². The second-order valence-corrected chi connectivity index (χ2v) is 8.44. The minimum atomic E-state index is -0.683. The molecule has 26 heavy (non-hydrogen) atoms. The third-order valence-electron chi connectivity index (χ3n) is 5.69. The van der Waals surface area contributed by atoms with Gasteiger partial charge in [0.25, 0.3) is 0 Å². The van der Waals surface area contributed by atoms with E-state index in [4.69, 9.17) is 9.47 Å². The maximum absolute atomic E-state index is 13.7. The first-order chi connectivity index (χ1) is 12.6. The highest BCUT2D eigenvalue weighted by Crippen LogP contribution is 2.35. The molecule has 3 rings (SSSR count). The highest BCUT2D eigenvalue weighted by molar-refractivity contribution is 9.10. The summed E-state index contributed by atoms with van der Waals surface area (Å²) >= 11 is 2.88. The van der Waals surface area contributed by atoms with Crippen LogP contribution in [0.3, 0.4) is 0 Å². The molecule has 0 N–H and O–H groups in total. The van der Waals surface area contributed by atoms with E-state index in [9.17, 15) is 8.78 Å². The molecule has 2 aliphatic rings. The van der Waals surface area contributed by atoms with E-state index in [-0.39, 0.29) is 4.47 Å². The Hall–Kier alpha value is -0.780. The van der Waals surface area contributed by atoms with Gasteiger partial charge >= 0.3 is 0 Å². The number of hydrogen-bond acceptors (Lipinski definition) is 2. The molecule has 1 aromatic carbocycles. The number of ether oxygens (including phenoxy) is 2. The first-order valence-electron chi connectivity index (χ1n) is 9.55. The van der Waals surface area contributed by atoms with E-state index in [2.05, 4.69) is 22.5 Å². The van der Waals surface area contributed by atoms with Crippen molar-refractivity contribution in [3.05, 3.63) is 46.5 Å². The van der Waals surface area contributed by atoms with Gasteiger partial charge in [-0.2, -0.15) is 0 Å². The molecule has 1 aliphatic carbocycles. The van der Waals surface area contributed by atoms with Gasteiger partial charge in [-0.3, -0.25) is 0 Å². The molecule has 2 fully saturated rings. The van der Waals surface area contributed by atoms with Crippen LogP contribution in [0.15, 0.2) is 29.3 Å². The smallest absolute Gasteiger partial charge is 0.184 e. The normalized spacial score (nSPS) is 29.5. The summed E-state index contributed by atoms with van der Waals surface area (Å²) in [4.78, 5) is 0. The van der Waals surface area contributed by atoms with Crippen LogP contribution in [-0.4, -0.2) is 13.2 Å². The quantitative estimate of drug-likeness (QED) is 0.377. The fourth-order valence-electron chi connectivity index (χ4n) is 4.08. The first-order valence-corrected chi connectivity index (χ1v) is 10.3. The zero-order valence-corrected chi connectivity index (χ0v) is 16.6. The van der Waals surface area contributed by atoms with E-state index in [1.54, 1.807) is 0 Å². The van der Waals surface area contributed by atoms with Gasteiger partial charge < -0.3 is 9.47 Å². The minimum Gasteiger partial charge on any atom is -0.348 e. The van der Waals surface area contributed by atoms with Gasteiger partial charge in [-0.1, -0.05) is 25.3 Å². The molecule has 5 heteroatoms. The fourth-order valence-corrected chi connectivity index (χ4v) is 4.31. The number of benzene rings is 1. The molecule has 0 spiro atoms. The van der Waals surface area contributed by atoms with Crippen molar-refractivity contribution in [2.45, 2.75) is 51.2 Å². The van der Waals surface area contributed by atoms with E-state index in [0.29, 0.717) is 24.7 Å². The second-order valence-electron chi connectivity index (χ2n) is 7.65. The second kappa shape index (κ2) is 9.43. The lowest BCUT2D eigenvalue weighted by Crippen LogP contribution is -2.28. The standard InChI is InChI=1S/C21H27BrF2O2/c1-2-3-14-4-6-15(7-5-14)8-9-16-12-25-21(26-13-16)17-10-18(23)20(22)19(24)11-17/h2,10-11,14-16,21H,1,3-9,12-13H2/t14-,15-,16?,21?. The van der Waals surface area contributed by atoms with Crippen molar-refractivity contribution >= 4 is 15.9 Å². The van der Waals surface area contributed by atoms with Gasteiger partial charge in [-0.25, -0.2) is 8.78 Å². The van der Waals surface area contributed by atoms with Crippen molar-refractivity contribution in [3.8, 4) is 0 Å². The van der Waals surface area contributed by atoms with Crippen LogP contribution in [-0.2, 0) is 9.47 Å². The van der Waals surface area contributed by atoms with Crippen molar-refractivity contribution in [3.63, 3.8) is 0 Å². The monoisotopic (exact) mass is 428 g/mol. The molecular formula is C21H27BrF2O2. The molecule has 144 valence electrons. The lowest BCUT2D eigenvalue weighted by molar-refractivity contribution is -0.206. The van der Waals surface area contributed by atoms with Gasteiger partial charge in [0.05, 0.1) is 17.7 Å². The van der Waals surface area contributed by atoms with Crippen LogP contribution in [0.1, 0.15) is 56.8 Å². The summed E-state index contributed by atoms with van der Waals surface area (Å²) in [5.41, 5.74) is 0.391. The van der Waals surface area contributed by atoms with E-state index < -0.39 is 17.9 Å². The summed E-state index contributed by atoms with van der Waals surface area (Å²) < 4.78 is 38.7. The largest absolute Gasteiger partial charge is 0.348 e. The van der Waals surface area contributed by atoms with E-state index in [0.717, 1.165) is 24.7 Å². The van der Waals surface area contributed by atoms with Crippen molar-refractivity contribution in [1.29, 1.82) is 0 Å². The van der Waals surface area contributed by atoms with Crippen LogP contribution in [0.4, 0.5) is 8.78 Å². The zero-order chi connectivity index (χ0) is 18.5. The molecule has 1 heterocycles. The van der Waals surface area contributed by atoms with Gasteiger partial charge in [0.1, 0.15) is 11.6 Å². The molecule has 1 aliphatic heterocycles. The summed E-state index contributed by atoms with van der Waals surface area (Å²) in [5.74, 6) is 0.728. The van der Waals surface area contributed by atoms with Crippen LogP contribution in [0.2, 0.25) is 0 Å². The third-order valence-corrected chi connectivity index (χ3v) is 6.45. The molecule has 0 aromatic heterocycles. The first kappa shape index (κ1) is 20.0. The average Bonchev–Trinajstić information content (AvgIpc) is 2.66. The molecule has 0 radical (unpaired) electrons. The highest BCUT2D eigenvalue weighted by atomic mass is 79.9. The molecule has 0 atom stereocenters. The van der Waals surface area contributed by atoms with Crippen LogP contribution in [0.25, 0.3) is 0 Å². The maximum atomic E-state index is 13.7. The Morgan fingerprint density at radius 2 is 1.50 bits per heavy atom. The van der Waals surface area contributed by atoms with Gasteiger partial charge in [0, 0.05) is 11.5 Å². The van der Waals surface area contributed by atoms with Crippen LogP contribution in [0, 0.1) is 29.4 Å². The zero-order valence-electron chi connectivity index (χ0n) is 15.1. The summed E-state index contributed by atoms with van der Waals surface area (Å²) in [6.45, 7) is 5.00. The van der Waals surface area contributed by atoms with Crippen LogP contribution in [0.5, 0.6) is 0 Å². The molecule has 1 saturated heterocycles. The van der Waals surface area contributed by atoms with E-state index >= 15 is 0 Å². The average molecular weight is 429 g/mol. The maximum Gasteiger partial charge on any atom is 0.184 e. The Kier molecular flexibility index (Phi) is 7.24. The highest BCUT2D eigenvalue weighted by Gasteiger charge is 2.27. The topological polar surface area (TPSA) is 18.5 Å². The summed E-state index contributed by atoms with van der Waals surface area (Å²) in [7, 11) is 0.